The van der Waals surface area contributed by atoms with Crippen LogP contribution in [0.25, 0.3) is 0 Å². The predicted octanol–water partition coefficient (Wildman–Crippen LogP) is 6.91. The second-order valence-electron chi connectivity index (χ2n) is 17.2. The maximum atomic E-state index is 14.4. The second-order valence-corrected chi connectivity index (χ2v) is 17.2. The Bertz CT molecular complexity index is 2870. The van der Waals surface area contributed by atoms with E-state index in [9.17, 15) is 45.5 Å². The summed E-state index contributed by atoms with van der Waals surface area (Å²) in [6.07, 6.45) is -5.37. The van der Waals surface area contributed by atoms with Crippen LogP contribution in [0.4, 0.5) is 53.9 Å². The molecule has 8 N–H and O–H groups in total. The van der Waals surface area contributed by atoms with Crippen molar-refractivity contribution in [3.05, 3.63) is 172 Å². The van der Waals surface area contributed by atoms with Gasteiger partial charge in [0.05, 0.1) is 64.4 Å². The molecule has 364 valence electrons. The van der Waals surface area contributed by atoms with Crippen molar-refractivity contribution in [3.63, 3.8) is 0 Å². The molecular formula is C50H49F6N10O4+. The number of aromatic nitrogens is 1. The Morgan fingerprint density at radius 1 is 0.771 bits per heavy atom. The fraction of sp³-hybridized carbons (Fsp3) is 0.260. The number of amides is 5. The zero-order chi connectivity index (χ0) is 50.1. The summed E-state index contributed by atoms with van der Waals surface area (Å²) in [6, 6.07) is 22.7. The SMILES string of the molecule is C[n+]1ccc(C(=O)N(CCCN2CC(Nc3cccc(C(F)(F)F)c3)=C([C@H](N)c3ccc(N)cc3)C2=O)CCCN2CC3=C(C2=O)[C@@H](c2ccc(N)cc2)NC(=O)N3c2cccc(C(F)(F)F)c2)cc1. The van der Waals surface area contributed by atoms with Gasteiger partial charge in [-0.25, -0.2) is 9.36 Å². The van der Waals surface area contributed by atoms with Gasteiger partial charge in [0.2, 0.25) is 0 Å². The number of nitrogens with two attached hydrogens (primary N) is 3. The molecule has 70 heavy (non-hydrogen) atoms. The van der Waals surface area contributed by atoms with Crippen molar-refractivity contribution < 1.29 is 50.1 Å². The smallest absolute Gasteiger partial charge is 0.399 e. The van der Waals surface area contributed by atoms with Crippen LogP contribution < -0.4 is 37.3 Å². The van der Waals surface area contributed by atoms with Crippen molar-refractivity contribution >= 4 is 46.5 Å². The van der Waals surface area contributed by atoms with E-state index in [0.717, 1.165) is 29.2 Å². The van der Waals surface area contributed by atoms with E-state index in [1.165, 1.54) is 34.1 Å². The average Bonchev–Trinajstić information content (AvgIpc) is 3.81. The molecule has 0 aliphatic carbocycles. The number of nitrogen functional groups attached to an aromatic ring is 2. The number of nitrogens with one attached hydrogen (secondary N) is 2. The number of alkyl halides is 6. The highest BCUT2D eigenvalue weighted by molar-refractivity contribution is 6.07. The number of aryl methyl sites for hydroxylation is 1. The van der Waals surface area contributed by atoms with Gasteiger partial charge >= 0.3 is 18.4 Å². The fourth-order valence-electron chi connectivity index (χ4n) is 8.83. The Kier molecular flexibility index (Phi) is 13.6. The van der Waals surface area contributed by atoms with E-state index in [2.05, 4.69) is 10.6 Å². The van der Waals surface area contributed by atoms with Crippen molar-refractivity contribution in [3.8, 4) is 0 Å². The molecule has 0 unspecified atom stereocenters. The van der Waals surface area contributed by atoms with Crippen LogP contribution in [0.2, 0.25) is 0 Å². The molecule has 0 radical (unpaired) electrons. The van der Waals surface area contributed by atoms with Crippen molar-refractivity contribution in [2.24, 2.45) is 12.8 Å². The van der Waals surface area contributed by atoms with Gasteiger partial charge in [-0.1, -0.05) is 36.4 Å². The molecule has 20 heteroatoms. The van der Waals surface area contributed by atoms with E-state index in [-0.39, 0.29) is 86.2 Å². The van der Waals surface area contributed by atoms with Crippen LogP contribution in [0.3, 0.4) is 0 Å². The zero-order valence-electron chi connectivity index (χ0n) is 37.7. The minimum absolute atomic E-state index is 0.0167. The van der Waals surface area contributed by atoms with E-state index in [0.29, 0.717) is 33.8 Å². The van der Waals surface area contributed by atoms with Gasteiger partial charge < -0.3 is 42.5 Å². The summed E-state index contributed by atoms with van der Waals surface area (Å²) in [7, 11) is 1.80. The standard InChI is InChI=1S/C50H48F6N10O4/c1-62-24-18-32(19-25-62)45(67)63(20-4-22-64-28-39(60-37-8-2-6-33(26-37)49(51,52)53)41(46(64)68)43(59)30-10-14-35(57)15-11-30)21-5-23-65-29-40-42(47(65)69)44(31-12-16-36(58)17-13-31)61-48(70)66(40)38-9-3-7-34(27-38)50(54,55)56/h2-3,6-19,24-27,43-44H,4-5,20-23,28-29,57-59H2,1H3,(H-,60,61,68,70)/p+1/t43-,44-/m1/s1. The van der Waals surface area contributed by atoms with E-state index >= 15 is 0 Å². The van der Waals surface area contributed by atoms with Gasteiger partial charge in [0.1, 0.15) is 7.05 Å². The fourth-order valence-corrected chi connectivity index (χ4v) is 8.83. The van der Waals surface area contributed by atoms with Crippen LogP contribution in [-0.2, 0) is 29.0 Å². The van der Waals surface area contributed by atoms with Gasteiger partial charge in [0.25, 0.3) is 17.7 Å². The number of halogens is 6. The molecule has 8 rings (SSSR count). The van der Waals surface area contributed by atoms with Crippen molar-refractivity contribution in [2.45, 2.75) is 37.3 Å². The first-order valence-electron chi connectivity index (χ1n) is 22.2. The van der Waals surface area contributed by atoms with Gasteiger partial charge in [-0.15, -0.1) is 0 Å². The summed E-state index contributed by atoms with van der Waals surface area (Å²) < 4.78 is 84.3. The third-order valence-electron chi connectivity index (χ3n) is 12.4. The number of urea groups is 1. The lowest BCUT2D eigenvalue weighted by Crippen LogP contribution is -2.47. The number of hydrogen-bond acceptors (Lipinski definition) is 8. The second kappa shape index (κ2) is 19.6. The minimum atomic E-state index is -4.70. The number of hydrogen-bond donors (Lipinski definition) is 5. The molecule has 2 atom stereocenters. The molecule has 0 fully saturated rings. The molecule has 0 bridgehead atoms. The normalized spacial score (nSPS) is 16.8. The highest BCUT2D eigenvalue weighted by Gasteiger charge is 2.45. The monoisotopic (exact) mass is 967 g/mol. The maximum absolute atomic E-state index is 14.4. The average molecular weight is 968 g/mol. The summed E-state index contributed by atoms with van der Waals surface area (Å²) in [4.78, 5) is 62.2. The first-order chi connectivity index (χ1) is 33.3. The van der Waals surface area contributed by atoms with Gasteiger partial charge in [-0.05, 0) is 84.6 Å². The van der Waals surface area contributed by atoms with E-state index in [4.69, 9.17) is 17.2 Å². The zero-order valence-corrected chi connectivity index (χ0v) is 37.7. The maximum Gasteiger partial charge on any atom is 0.416 e. The molecule has 0 spiro atoms. The highest BCUT2D eigenvalue weighted by atomic mass is 19.4. The first-order valence-corrected chi connectivity index (χ1v) is 22.2. The van der Waals surface area contributed by atoms with E-state index in [1.807, 2.05) is 0 Å². The number of carbonyl (C=O) groups excluding carboxylic acids is 4. The highest BCUT2D eigenvalue weighted by Crippen LogP contribution is 2.41. The summed E-state index contributed by atoms with van der Waals surface area (Å²) >= 11 is 0. The lowest BCUT2D eigenvalue weighted by molar-refractivity contribution is -0.671. The quantitative estimate of drug-likeness (QED) is 0.0426. The number of anilines is 4. The number of benzene rings is 4. The van der Waals surface area contributed by atoms with Crippen molar-refractivity contribution in [1.82, 2.24) is 20.0 Å². The van der Waals surface area contributed by atoms with Crippen LogP contribution in [0.15, 0.2) is 144 Å². The Hall–Kier alpha value is -7.87. The topological polar surface area (TPSA) is 187 Å². The van der Waals surface area contributed by atoms with Crippen LogP contribution in [0.5, 0.6) is 0 Å². The largest absolute Gasteiger partial charge is 0.416 e. The van der Waals surface area contributed by atoms with E-state index < -0.39 is 53.4 Å². The van der Waals surface area contributed by atoms with Gasteiger partial charge in [-0.3, -0.25) is 19.3 Å². The Morgan fingerprint density at radius 2 is 1.34 bits per heavy atom. The number of carbonyl (C=O) groups is 4. The van der Waals surface area contributed by atoms with Gasteiger partial charge in [-0.2, -0.15) is 26.3 Å². The molecular weight excluding hydrogens is 919 g/mol. The van der Waals surface area contributed by atoms with Gasteiger partial charge in [0.15, 0.2) is 12.4 Å². The molecule has 3 aliphatic rings. The van der Waals surface area contributed by atoms with Crippen LogP contribution in [0.1, 0.15) is 57.5 Å². The molecule has 4 heterocycles. The lowest BCUT2D eigenvalue weighted by atomic mass is 9.95. The lowest BCUT2D eigenvalue weighted by Gasteiger charge is -2.34. The minimum Gasteiger partial charge on any atom is -0.399 e. The molecule has 3 aliphatic heterocycles. The third-order valence-corrected chi connectivity index (χ3v) is 12.4. The summed E-state index contributed by atoms with van der Waals surface area (Å²) in [5, 5.41) is 5.82. The summed E-state index contributed by atoms with van der Waals surface area (Å²) in [5.74, 6) is -1.23. The Morgan fingerprint density at radius 3 is 1.96 bits per heavy atom. The predicted molar refractivity (Wildman–Crippen MR) is 249 cm³/mol. The summed E-state index contributed by atoms with van der Waals surface area (Å²) in [5.41, 5.74) is 19.9. The van der Waals surface area contributed by atoms with E-state index in [1.54, 1.807) is 89.6 Å². The summed E-state index contributed by atoms with van der Waals surface area (Å²) in [6.45, 7) is 0.350. The Balaban J connectivity index is 0.999. The molecule has 1 aromatic heterocycles. The Labute approximate surface area is 398 Å². The van der Waals surface area contributed by atoms with Crippen LogP contribution in [0, 0.1) is 0 Å². The van der Waals surface area contributed by atoms with Crippen molar-refractivity contribution in [2.75, 3.05) is 61.0 Å². The number of rotatable bonds is 15. The van der Waals surface area contributed by atoms with Crippen molar-refractivity contribution in [1.29, 1.82) is 0 Å². The molecule has 0 saturated heterocycles. The first kappa shape index (κ1) is 48.6. The molecule has 0 saturated carbocycles. The molecule has 5 amide bonds. The van der Waals surface area contributed by atoms with Gasteiger partial charge in [0, 0.05) is 61.1 Å². The number of pyridine rings is 1. The van der Waals surface area contributed by atoms with Crippen LogP contribution in [-0.4, -0.2) is 77.7 Å². The third kappa shape index (κ3) is 10.4. The van der Waals surface area contributed by atoms with Crippen LogP contribution >= 0.6 is 0 Å². The molecule has 14 nitrogen and oxygen atoms in total. The molecule has 4 aromatic carbocycles. The number of nitrogens with zero attached hydrogens (tertiary/aromatic N) is 5. The molecule has 5 aromatic rings.